The van der Waals surface area contributed by atoms with E-state index in [1.165, 1.54) is 4.67 Å². The maximum atomic E-state index is 13.8. The van der Waals surface area contributed by atoms with Gasteiger partial charge in [-0.25, -0.2) is 9.34 Å². The number of rotatable bonds is 10. The molecular formula is C16H35N4O7P2+. The van der Waals surface area contributed by atoms with Crippen LogP contribution in [0.1, 0.15) is 6.92 Å². The maximum absolute atomic E-state index is 13.8. The van der Waals surface area contributed by atoms with Crippen LogP contribution in [0.25, 0.3) is 0 Å². The van der Waals surface area contributed by atoms with Crippen molar-refractivity contribution in [3.05, 3.63) is 0 Å². The van der Waals surface area contributed by atoms with Crippen molar-refractivity contribution in [2.24, 2.45) is 0 Å². The van der Waals surface area contributed by atoms with E-state index in [0.717, 1.165) is 0 Å². The SMILES string of the molecule is CO[C@H]1CNC[C@@H](COP(=O)(N(C)C)N2C[C@@H](CO[P+](=O)N(C)C)O[C@@H](C)C2)O1. The summed E-state index contributed by atoms with van der Waals surface area (Å²) in [5.74, 6) is 0. The van der Waals surface area contributed by atoms with E-state index in [2.05, 4.69) is 5.32 Å². The summed E-state index contributed by atoms with van der Waals surface area (Å²) < 4.78 is 58.7. The highest BCUT2D eigenvalue weighted by Gasteiger charge is 2.42. The number of methoxy groups -OCH3 is 1. The molecule has 2 unspecified atom stereocenters. The van der Waals surface area contributed by atoms with E-state index in [-0.39, 0.29) is 37.8 Å². The molecule has 0 aromatic heterocycles. The van der Waals surface area contributed by atoms with E-state index >= 15 is 0 Å². The van der Waals surface area contributed by atoms with Gasteiger partial charge in [0.1, 0.15) is 6.61 Å². The molecule has 2 rings (SSSR count). The molecule has 2 aliphatic heterocycles. The van der Waals surface area contributed by atoms with Crippen LogP contribution in [0.15, 0.2) is 0 Å². The fraction of sp³-hybridized carbons (Fsp3) is 1.00. The first-order valence-electron chi connectivity index (χ1n) is 9.65. The average molecular weight is 457 g/mol. The van der Waals surface area contributed by atoms with Crippen molar-refractivity contribution < 1.29 is 32.4 Å². The summed E-state index contributed by atoms with van der Waals surface area (Å²) in [6, 6.07) is 0. The minimum Gasteiger partial charge on any atom is -0.370 e. The van der Waals surface area contributed by atoms with Crippen LogP contribution in [0.2, 0.25) is 0 Å². The smallest absolute Gasteiger partial charge is 0.370 e. The molecule has 0 bridgehead atoms. The van der Waals surface area contributed by atoms with E-state index in [1.807, 2.05) is 6.92 Å². The topological polar surface area (TPSA) is 102 Å². The standard InChI is InChI=1S/C16H35N4O7P2/c1-13-9-20(10-15(26-13)11-24-28(21)18(2)3)29(22,19(4)5)25-12-14-7-17-8-16(23-6)27-14/h13-17H,7-12H2,1-6H3/q+1/t13-,14-,15-,16+,29?/m0/s1. The highest BCUT2D eigenvalue weighted by atomic mass is 31.2. The van der Waals surface area contributed by atoms with E-state index in [1.54, 1.807) is 44.6 Å². The zero-order chi connectivity index (χ0) is 21.6. The Labute approximate surface area is 174 Å². The van der Waals surface area contributed by atoms with Gasteiger partial charge < -0.3 is 24.1 Å². The first kappa shape index (κ1) is 25.2. The van der Waals surface area contributed by atoms with Gasteiger partial charge in [0.25, 0.3) is 0 Å². The van der Waals surface area contributed by atoms with E-state index in [9.17, 15) is 9.13 Å². The predicted octanol–water partition coefficient (Wildman–Crippen LogP) is 0.959. The number of nitrogens with one attached hydrogen (secondary N) is 1. The third kappa shape index (κ3) is 7.26. The monoisotopic (exact) mass is 457 g/mol. The van der Waals surface area contributed by atoms with Crippen molar-refractivity contribution in [2.45, 2.75) is 31.5 Å². The second-order valence-corrected chi connectivity index (χ2v) is 11.7. The molecule has 170 valence electrons. The van der Waals surface area contributed by atoms with Crippen LogP contribution in [0.5, 0.6) is 0 Å². The lowest BCUT2D eigenvalue weighted by atomic mass is 10.2. The molecule has 29 heavy (non-hydrogen) atoms. The van der Waals surface area contributed by atoms with Gasteiger partial charge in [0.15, 0.2) is 6.29 Å². The maximum Gasteiger partial charge on any atom is 0.615 e. The molecule has 0 radical (unpaired) electrons. The molecule has 0 aliphatic carbocycles. The Kier molecular flexibility index (Phi) is 10.0. The Morgan fingerprint density at radius 2 is 1.86 bits per heavy atom. The Hall–Kier alpha value is -0.0300. The van der Waals surface area contributed by atoms with E-state index in [4.69, 9.17) is 23.3 Å². The Bertz CT molecular complexity index is 583. The minimum absolute atomic E-state index is 0.146. The molecule has 6 atom stereocenters. The predicted molar refractivity (Wildman–Crippen MR) is 109 cm³/mol. The lowest BCUT2D eigenvalue weighted by Gasteiger charge is -2.42. The van der Waals surface area contributed by atoms with Gasteiger partial charge >= 0.3 is 15.8 Å². The molecule has 0 aromatic rings. The summed E-state index contributed by atoms with van der Waals surface area (Å²) in [6.07, 6.45) is -1.14. The van der Waals surface area contributed by atoms with Gasteiger partial charge in [-0.15, -0.1) is 4.52 Å². The molecule has 0 saturated carbocycles. The summed E-state index contributed by atoms with van der Waals surface area (Å²) in [5.41, 5.74) is 0. The van der Waals surface area contributed by atoms with Gasteiger partial charge in [0.2, 0.25) is 0 Å². The second-order valence-electron chi connectivity index (χ2n) is 7.54. The van der Waals surface area contributed by atoms with Crippen molar-refractivity contribution in [3.8, 4) is 0 Å². The van der Waals surface area contributed by atoms with Gasteiger partial charge in [0, 0.05) is 47.4 Å². The number of morpholine rings is 2. The molecule has 2 fully saturated rings. The van der Waals surface area contributed by atoms with Gasteiger partial charge in [-0.3, -0.25) is 4.57 Å². The lowest BCUT2D eigenvalue weighted by Crippen LogP contribution is -2.49. The first-order valence-corrected chi connectivity index (χ1v) is 12.3. The summed E-state index contributed by atoms with van der Waals surface area (Å²) in [5, 5.41) is 3.22. The highest BCUT2D eigenvalue weighted by Crippen LogP contribution is 2.53. The van der Waals surface area contributed by atoms with Gasteiger partial charge in [-0.1, -0.05) is 4.67 Å². The quantitative estimate of drug-likeness (QED) is 0.475. The van der Waals surface area contributed by atoms with E-state index < -0.39 is 15.8 Å². The molecule has 0 amide bonds. The van der Waals surface area contributed by atoms with Crippen LogP contribution in [0.4, 0.5) is 0 Å². The highest BCUT2D eigenvalue weighted by molar-refractivity contribution is 7.53. The normalized spacial score (nSPS) is 31.8. The van der Waals surface area contributed by atoms with Gasteiger partial charge in [0.05, 0.1) is 24.9 Å². The summed E-state index contributed by atoms with van der Waals surface area (Å²) in [4.78, 5) is 0. The molecule has 0 aromatic carbocycles. The van der Waals surface area contributed by atoms with Crippen molar-refractivity contribution in [1.29, 1.82) is 0 Å². The Morgan fingerprint density at radius 1 is 1.14 bits per heavy atom. The fourth-order valence-electron chi connectivity index (χ4n) is 3.12. The second kappa shape index (κ2) is 11.5. The van der Waals surface area contributed by atoms with Gasteiger partial charge in [-0.05, 0) is 25.6 Å². The van der Waals surface area contributed by atoms with Crippen LogP contribution >= 0.6 is 15.8 Å². The zero-order valence-electron chi connectivity index (χ0n) is 18.1. The molecule has 0 spiro atoms. The van der Waals surface area contributed by atoms with Crippen molar-refractivity contribution in [1.82, 2.24) is 19.3 Å². The summed E-state index contributed by atoms with van der Waals surface area (Å²) in [6.45, 7) is 4.23. The number of ether oxygens (including phenoxy) is 3. The Balaban J connectivity index is 1.99. The summed E-state index contributed by atoms with van der Waals surface area (Å²) in [7, 11) is 3.18. The Morgan fingerprint density at radius 3 is 2.48 bits per heavy atom. The molecule has 2 aliphatic rings. The molecule has 13 heteroatoms. The van der Waals surface area contributed by atoms with Crippen LogP contribution in [0.3, 0.4) is 0 Å². The van der Waals surface area contributed by atoms with Crippen molar-refractivity contribution in [3.63, 3.8) is 0 Å². The van der Waals surface area contributed by atoms with E-state index in [0.29, 0.717) is 26.2 Å². The molecule has 2 heterocycles. The molecule has 1 N–H and O–H groups in total. The molecular weight excluding hydrogens is 422 g/mol. The number of hydrogen-bond acceptors (Lipinski definition) is 8. The first-order chi connectivity index (χ1) is 13.7. The van der Waals surface area contributed by atoms with Gasteiger partial charge in [-0.2, -0.15) is 0 Å². The van der Waals surface area contributed by atoms with Crippen molar-refractivity contribution in [2.75, 3.05) is 74.7 Å². The average Bonchev–Trinajstić information content (AvgIpc) is 2.69. The molecule has 11 nitrogen and oxygen atoms in total. The van der Waals surface area contributed by atoms with Crippen LogP contribution in [-0.2, 0) is 32.4 Å². The third-order valence-corrected chi connectivity index (χ3v) is 8.15. The largest absolute Gasteiger partial charge is 0.615 e. The van der Waals surface area contributed by atoms with Crippen LogP contribution in [0, 0.1) is 0 Å². The van der Waals surface area contributed by atoms with Crippen molar-refractivity contribution >= 4 is 15.8 Å². The summed E-state index contributed by atoms with van der Waals surface area (Å²) >= 11 is 0. The third-order valence-electron chi connectivity index (χ3n) is 4.59. The minimum atomic E-state index is -3.30. The fourth-order valence-corrected chi connectivity index (χ4v) is 5.73. The van der Waals surface area contributed by atoms with Crippen LogP contribution < -0.4 is 5.32 Å². The molecule has 2 saturated heterocycles. The lowest BCUT2D eigenvalue weighted by molar-refractivity contribution is -0.176. The zero-order valence-corrected chi connectivity index (χ0v) is 19.9. The number of nitrogens with zero attached hydrogens (tertiary/aromatic N) is 3. The number of hydrogen-bond donors (Lipinski definition) is 1. The van der Waals surface area contributed by atoms with Crippen LogP contribution in [-0.4, -0.2) is 113 Å².